The molecule has 0 aromatic heterocycles. The number of methoxy groups -OCH3 is 1. The maximum absolute atomic E-state index is 5.69. The lowest BCUT2D eigenvalue weighted by Crippen LogP contribution is -1.93. The van der Waals surface area contributed by atoms with Crippen molar-refractivity contribution in [2.75, 3.05) is 12.8 Å². The van der Waals surface area contributed by atoms with Gasteiger partial charge in [-0.3, -0.25) is 0 Å². The average molecular weight is 216 g/mol. The molecule has 0 saturated heterocycles. The predicted octanol–water partition coefficient (Wildman–Crippen LogP) is 2.35. The Morgan fingerprint density at radius 2 is 2.09 bits per heavy atom. The van der Waals surface area contributed by atoms with E-state index < -0.39 is 0 Å². The molecule has 0 aliphatic heterocycles. The second kappa shape index (κ2) is 3.13. The second-order valence-electron chi connectivity index (χ2n) is 2.32. The number of hydrogen-bond donors (Lipinski definition) is 1. The van der Waals surface area contributed by atoms with Crippen LogP contribution in [0.15, 0.2) is 16.6 Å². The Hall–Kier alpha value is -0.700. The third-order valence-corrected chi connectivity index (χ3v) is 2.04. The number of ether oxygens (including phenoxy) is 1. The van der Waals surface area contributed by atoms with E-state index in [9.17, 15) is 0 Å². The van der Waals surface area contributed by atoms with Crippen molar-refractivity contribution in [3.8, 4) is 5.75 Å². The molecule has 0 amide bonds. The Morgan fingerprint density at radius 1 is 1.45 bits per heavy atom. The van der Waals surface area contributed by atoms with Gasteiger partial charge in [-0.05, 0) is 19.1 Å². The normalized spacial score (nSPS) is 9.73. The van der Waals surface area contributed by atoms with Gasteiger partial charge in [0.2, 0.25) is 0 Å². The second-order valence-corrected chi connectivity index (χ2v) is 3.24. The third-order valence-electron chi connectivity index (χ3n) is 1.58. The summed E-state index contributed by atoms with van der Waals surface area (Å²) in [5.41, 5.74) is 7.42. The van der Waals surface area contributed by atoms with Gasteiger partial charge in [0.15, 0.2) is 0 Å². The summed E-state index contributed by atoms with van der Waals surface area (Å²) >= 11 is 3.33. The number of anilines is 1. The lowest BCUT2D eigenvalue weighted by Gasteiger charge is -2.07. The Morgan fingerprint density at radius 3 is 2.64 bits per heavy atom. The van der Waals surface area contributed by atoms with E-state index in [1.165, 1.54) is 0 Å². The maximum Gasteiger partial charge on any atom is 0.124 e. The minimum Gasteiger partial charge on any atom is -0.496 e. The summed E-state index contributed by atoms with van der Waals surface area (Å²) in [5.74, 6) is 0.817. The van der Waals surface area contributed by atoms with Crippen molar-refractivity contribution >= 4 is 21.6 Å². The molecule has 0 unspecified atom stereocenters. The smallest absolute Gasteiger partial charge is 0.124 e. The molecule has 1 rings (SSSR count). The highest BCUT2D eigenvalue weighted by atomic mass is 79.9. The van der Waals surface area contributed by atoms with Gasteiger partial charge in [0.05, 0.1) is 7.11 Å². The van der Waals surface area contributed by atoms with Gasteiger partial charge in [-0.25, -0.2) is 0 Å². The van der Waals surface area contributed by atoms with E-state index >= 15 is 0 Å². The van der Waals surface area contributed by atoms with Crippen molar-refractivity contribution in [2.24, 2.45) is 0 Å². The van der Waals surface area contributed by atoms with Crippen LogP contribution in [-0.2, 0) is 0 Å². The molecular weight excluding hydrogens is 206 g/mol. The van der Waals surface area contributed by atoms with Gasteiger partial charge in [0.1, 0.15) is 5.75 Å². The largest absolute Gasteiger partial charge is 0.496 e. The summed E-state index contributed by atoms with van der Waals surface area (Å²) in [4.78, 5) is 0. The van der Waals surface area contributed by atoms with E-state index in [-0.39, 0.29) is 0 Å². The first-order valence-corrected chi connectivity index (χ1v) is 4.04. The molecule has 0 atom stereocenters. The molecule has 2 nitrogen and oxygen atoms in total. The molecule has 0 aliphatic carbocycles. The minimum atomic E-state index is 0.747. The minimum absolute atomic E-state index is 0.747. The van der Waals surface area contributed by atoms with Gasteiger partial charge in [0.25, 0.3) is 0 Å². The van der Waals surface area contributed by atoms with Crippen molar-refractivity contribution in [2.45, 2.75) is 6.92 Å². The fourth-order valence-corrected chi connectivity index (χ4v) is 1.34. The van der Waals surface area contributed by atoms with Crippen molar-refractivity contribution in [1.82, 2.24) is 0 Å². The first kappa shape index (κ1) is 8.40. The van der Waals surface area contributed by atoms with Crippen LogP contribution in [0.1, 0.15) is 5.56 Å². The highest BCUT2D eigenvalue weighted by Gasteiger charge is 2.02. The molecule has 1 aromatic carbocycles. The molecule has 0 heterocycles. The van der Waals surface area contributed by atoms with Crippen LogP contribution in [0.3, 0.4) is 0 Å². The summed E-state index contributed by atoms with van der Waals surface area (Å²) in [6.45, 7) is 1.93. The van der Waals surface area contributed by atoms with Crippen LogP contribution in [0.25, 0.3) is 0 Å². The zero-order valence-corrected chi connectivity index (χ0v) is 8.10. The predicted molar refractivity (Wildman–Crippen MR) is 49.8 cm³/mol. The lowest BCUT2D eigenvalue weighted by atomic mass is 10.2. The molecule has 0 spiro atoms. The SMILES string of the molecule is COc1cc(Br)cc(N)c1C. The first-order chi connectivity index (χ1) is 5.15. The Kier molecular flexibility index (Phi) is 2.39. The van der Waals surface area contributed by atoms with Crippen LogP contribution in [0.5, 0.6) is 5.75 Å². The molecule has 0 fully saturated rings. The lowest BCUT2D eigenvalue weighted by molar-refractivity contribution is 0.412. The average Bonchev–Trinajstić information content (AvgIpc) is 1.96. The number of benzene rings is 1. The van der Waals surface area contributed by atoms with Crippen LogP contribution < -0.4 is 10.5 Å². The van der Waals surface area contributed by atoms with E-state index in [0.717, 1.165) is 21.5 Å². The van der Waals surface area contributed by atoms with E-state index in [4.69, 9.17) is 10.5 Å². The van der Waals surface area contributed by atoms with E-state index in [0.29, 0.717) is 0 Å². The summed E-state index contributed by atoms with van der Waals surface area (Å²) in [6, 6.07) is 3.75. The van der Waals surface area contributed by atoms with Gasteiger partial charge in [-0.15, -0.1) is 0 Å². The van der Waals surface area contributed by atoms with Crippen LogP contribution >= 0.6 is 15.9 Å². The van der Waals surface area contributed by atoms with Crippen LogP contribution in [0, 0.1) is 6.92 Å². The van der Waals surface area contributed by atoms with Gasteiger partial charge in [0, 0.05) is 15.7 Å². The Bertz CT molecular complexity index is 273. The van der Waals surface area contributed by atoms with Gasteiger partial charge in [-0.1, -0.05) is 15.9 Å². The molecular formula is C8H10BrNO. The zero-order chi connectivity index (χ0) is 8.43. The van der Waals surface area contributed by atoms with E-state index in [1.54, 1.807) is 7.11 Å². The topological polar surface area (TPSA) is 35.2 Å². The highest BCUT2D eigenvalue weighted by molar-refractivity contribution is 9.10. The first-order valence-electron chi connectivity index (χ1n) is 3.24. The van der Waals surface area contributed by atoms with Gasteiger partial charge in [-0.2, -0.15) is 0 Å². The monoisotopic (exact) mass is 215 g/mol. The molecule has 3 heteroatoms. The van der Waals surface area contributed by atoms with Crippen LogP contribution in [-0.4, -0.2) is 7.11 Å². The summed E-state index contributed by atoms with van der Waals surface area (Å²) in [5, 5.41) is 0. The number of halogens is 1. The Labute approximate surface area is 74.5 Å². The molecule has 0 radical (unpaired) electrons. The van der Waals surface area contributed by atoms with Crippen LogP contribution in [0.4, 0.5) is 5.69 Å². The van der Waals surface area contributed by atoms with Crippen molar-refractivity contribution in [1.29, 1.82) is 0 Å². The summed E-state index contributed by atoms with van der Waals surface area (Å²) in [7, 11) is 1.63. The molecule has 0 saturated carbocycles. The quantitative estimate of drug-likeness (QED) is 0.731. The van der Waals surface area contributed by atoms with E-state index in [1.807, 2.05) is 19.1 Å². The number of hydrogen-bond acceptors (Lipinski definition) is 2. The van der Waals surface area contributed by atoms with Crippen molar-refractivity contribution < 1.29 is 4.74 Å². The summed E-state index contributed by atoms with van der Waals surface area (Å²) < 4.78 is 6.04. The highest BCUT2D eigenvalue weighted by Crippen LogP contribution is 2.27. The standard InChI is InChI=1S/C8H10BrNO/c1-5-7(10)3-6(9)4-8(5)11-2/h3-4H,10H2,1-2H3. The Balaban J connectivity index is 3.24. The van der Waals surface area contributed by atoms with E-state index in [2.05, 4.69) is 15.9 Å². The molecule has 60 valence electrons. The molecule has 0 bridgehead atoms. The number of rotatable bonds is 1. The fourth-order valence-electron chi connectivity index (χ4n) is 0.886. The third kappa shape index (κ3) is 1.66. The number of nitrogen functional groups attached to an aromatic ring is 1. The van der Waals surface area contributed by atoms with Crippen LogP contribution in [0.2, 0.25) is 0 Å². The zero-order valence-electron chi connectivity index (χ0n) is 6.52. The fraction of sp³-hybridized carbons (Fsp3) is 0.250. The maximum atomic E-state index is 5.69. The molecule has 11 heavy (non-hydrogen) atoms. The van der Waals surface area contributed by atoms with Crippen molar-refractivity contribution in [3.05, 3.63) is 22.2 Å². The van der Waals surface area contributed by atoms with Gasteiger partial charge >= 0.3 is 0 Å². The molecule has 0 aliphatic rings. The number of nitrogens with two attached hydrogens (primary N) is 1. The van der Waals surface area contributed by atoms with Crippen molar-refractivity contribution in [3.63, 3.8) is 0 Å². The van der Waals surface area contributed by atoms with Gasteiger partial charge < -0.3 is 10.5 Å². The summed E-state index contributed by atoms with van der Waals surface area (Å²) in [6.07, 6.45) is 0. The molecule has 1 aromatic rings. The molecule has 2 N–H and O–H groups in total.